The second kappa shape index (κ2) is 2.41. The van der Waals surface area contributed by atoms with E-state index in [0.717, 1.165) is 0 Å². The van der Waals surface area contributed by atoms with Crippen LogP contribution < -0.4 is 0 Å². The smallest absolute Gasteiger partial charge is 0.340 e. The van der Waals surface area contributed by atoms with E-state index in [2.05, 4.69) is 9.73 Å². The van der Waals surface area contributed by atoms with Crippen LogP contribution in [0.15, 0.2) is 4.99 Å². The van der Waals surface area contributed by atoms with E-state index in [4.69, 9.17) is 0 Å². The van der Waals surface area contributed by atoms with Gasteiger partial charge in [-0.25, -0.2) is 9.59 Å². The summed E-state index contributed by atoms with van der Waals surface area (Å²) in [5.41, 5.74) is 0. The molecule has 0 aromatic heterocycles. The van der Waals surface area contributed by atoms with Crippen LogP contribution in [0.3, 0.4) is 0 Å². The first kappa shape index (κ1) is 6.64. The van der Waals surface area contributed by atoms with Crippen LogP contribution in [0.25, 0.3) is 0 Å². The van der Waals surface area contributed by atoms with Gasteiger partial charge in [0.1, 0.15) is 0 Å². The molecular formula is C5H3NO4. The summed E-state index contributed by atoms with van der Waals surface area (Å²) in [4.78, 5) is 33.4. The zero-order valence-corrected chi connectivity index (χ0v) is 4.86. The van der Waals surface area contributed by atoms with Crippen molar-refractivity contribution in [1.82, 2.24) is 0 Å². The molecule has 0 saturated carbocycles. The van der Waals surface area contributed by atoms with Gasteiger partial charge in [0, 0.05) is 0 Å². The molecule has 0 amide bonds. The second-order valence-electron chi connectivity index (χ2n) is 1.73. The Bertz CT molecular complexity index is 228. The van der Waals surface area contributed by atoms with Crippen molar-refractivity contribution >= 4 is 18.0 Å². The molecule has 0 radical (unpaired) electrons. The van der Waals surface area contributed by atoms with Crippen molar-refractivity contribution in [3.63, 3.8) is 0 Å². The number of hydrogen-bond acceptors (Lipinski definition) is 5. The van der Waals surface area contributed by atoms with Crippen molar-refractivity contribution in [2.75, 3.05) is 0 Å². The van der Waals surface area contributed by atoms with E-state index in [-0.39, 0.29) is 6.42 Å². The van der Waals surface area contributed by atoms with Crippen LogP contribution in [-0.4, -0.2) is 24.1 Å². The zero-order valence-electron chi connectivity index (χ0n) is 4.86. The zero-order chi connectivity index (χ0) is 7.56. The number of nitrogens with zero attached hydrogens (tertiary/aromatic N) is 1. The molecule has 0 aliphatic carbocycles. The van der Waals surface area contributed by atoms with Gasteiger partial charge >= 0.3 is 11.9 Å². The fourth-order valence-electron chi connectivity index (χ4n) is 0.625. The maximum atomic E-state index is 10.5. The van der Waals surface area contributed by atoms with Gasteiger partial charge in [0.05, 0.1) is 6.42 Å². The van der Waals surface area contributed by atoms with E-state index in [1.54, 1.807) is 0 Å². The highest BCUT2D eigenvalue weighted by Crippen LogP contribution is 2.10. The highest BCUT2D eigenvalue weighted by Gasteiger charge is 2.33. The van der Waals surface area contributed by atoms with Gasteiger partial charge < -0.3 is 4.74 Å². The summed E-state index contributed by atoms with van der Waals surface area (Å²) in [5, 5.41) is 0. The van der Waals surface area contributed by atoms with Crippen LogP contribution in [-0.2, 0) is 19.1 Å². The van der Waals surface area contributed by atoms with Crippen LogP contribution in [0, 0.1) is 0 Å². The van der Waals surface area contributed by atoms with Crippen LogP contribution in [0.1, 0.15) is 6.42 Å². The normalized spacial score (nSPS) is 23.8. The molecule has 0 spiro atoms. The second-order valence-corrected chi connectivity index (χ2v) is 1.73. The topological polar surface area (TPSA) is 72.8 Å². The van der Waals surface area contributed by atoms with E-state index in [9.17, 15) is 14.4 Å². The molecule has 10 heavy (non-hydrogen) atoms. The molecule has 0 unspecified atom stereocenters. The summed E-state index contributed by atoms with van der Waals surface area (Å²) in [6.07, 6.45) is 1.04. The van der Waals surface area contributed by atoms with Crippen LogP contribution in [0.5, 0.6) is 0 Å². The highest BCUT2D eigenvalue weighted by atomic mass is 16.6. The number of hydrogen-bond donors (Lipinski definition) is 0. The van der Waals surface area contributed by atoms with E-state index in [1.807, 2.05) is 0 Å². The minimum absolute atomic E-state index is 0.145. The Kier molecular flexibility index (Phi) is 1.60. The molecule has 1 aliphatic heterocycles. The summed E-state index contributed by atoms with van der Waals surface area (Å²) in [5.74, 6) is -1.41. The van der Waals surface area contributed by atoms with Crippen LogP contribution in [0.2, 0.25) is 0 Å². The number of carbonyl (C=O) groups excluding carboxylic acids is 3. The summed E-state index contributed by atoms with van der Waals surface area (Å²) >= 11 is 0. The third-order valence-corrected chi connectivity index (χ3v) is 1.06. The molecule has 0 bridgehead atoms. The Labute approximate surface area is 55.7 Å². The standard InChI is InChI=1S/C5H3NO4/c7-2-6-3-1-4(8)10-5(3)9/h3H,1H2/t3-/m0/s1. The van der Waals surface area contributed by atoms with Crippen molar-refractivity contribution < 1.29 is 19.1 Å². The predicted octanol–water partition coefficient (Wildman–Crippen LogP) is -0.836. The number of isocyanates is 1. The van der Waals surface area contributed by atoms with Gasteiger partial charge in [0.2, 0.25) is 6.08 Å². The van der Waals surface area contributed by atoms with Gasteiger partial charge in [0.25, 0.3) is 0 Å². The molecule has 0 N–H and O–H groups in total. The Hall–Kier alpha value is -1.48. The molecule has 52 valence electrons. The molecule has 5 heteroatoms. The van der Waals surface area contributed by atoms with Crippen LogP contribution in [0.4, 0.5) is 0 Å². The molecule has 1 rings (SSSR count). The third kappa shape index (κ3) is 1.09. The monoisotopic (exact) mass is 141 g/mol. The van der Waals surface area contributed by atoms with Gasteiger partial charge in [-0.1, -0.05) is 0 Å². The van der Waals surface area contributed by atoms with Gasteiger partial charge in [0.15, 0.2) is 6.04 Å². The first-order valence-electron chi connectivity index (χ1n) is 2.55. The van der Waals surface area contributed by atoms with Gasteiger partial charge in [-0.15, -0.1) is 0 Å². The number of aliphatic imine (C=N–C) groups is 1. The van der Waals surface area contributed by atoms with Crippen LogP contribution >= 0.6 is 0 Å². The van der Waals surface area contributed by atoms with E-state index in [0.29, 0.717) is 0 Å². The van der Waals surface area contributed by atoms with Crippen molar-refractivity contribution in [2.45, 2.75) is 12.5 Å². The molecule has 1 fully saturated rings. The Morgan fingerprint density at radius 3 is 2.70 bits per heavy atom. The largest absolute Gasteiger partial charge is 0.391 e. The fraction of sp³-hybridized carbons (Fsp3) is 0.400. The van der Waals surface area contributed by atoms with Gasteiger partial charge in [-0.3, -0.25) is 4.79 Å². The molecule has 1 heterocycles. The third-order valence-electron chi connectivity index (χ3n) is 1.06. The van der Waals surface area contributed by atoms with Crippen molar-refractivity contribution in [2.24, 2.45) is 4.99 Å². The van der Waals surface area contributed by atoms with E-state index >= 15 is 0 Å². The van der Waals surface area contributed by atoms with E-state index in [1.165, 1.54) is 6.08 Å². The van der Waals surface area contributed by atoms with Crippen molar-refractivity contribution in [1.29, 1.82) is 0 Å². The predicted molar refractivity (Wildman–Crippen MR) is 27.6 cm³/mol. The lowest BCUT2D eigenvalue weighted by Gasteiger charge is -1.87. The summed E-state index contributed by atoms with van der Waals surface area (Å²) in [7, 11) is 0. The Morgan fingerprint density at radius 1 is 1.60 bits per heavy atom. The van der Waals surface area contributed by atoms with Crippen molar-refractivity contribution in [3.8, 4) is 0 Å². The summed E-state index contributed by atoms with van der Waals surface area (Å²) in [6.45, 7) is 0. The minimum atomic E-state index is -0.954. The average molecular weight is 141 g/mol. The molecule has 1 atom stereocenters. The van der Waals surface area contributed by atoms with Crippen molar-refractivity contribution in [3.05, 3.63) is 0 Å². The lowest BCUT2D eigenvalue weighted by atomic mass is 10.3. The molecule has 0 aromatic rings. The highest BCUT2D eigenvalue weighted by molar-refractivity contribution is 5.97. The maximum absolute atomic E-state index is 10.5. The molecular weight excluding hydrogens is 138 g/mol. The minimum Gasteiger partial charge on any atom is -0.391 e. The molecule has 0 aromatic carbocycles. The number of rotatable bonds is 1. The lowest BCUT2D eigenvalue weighted by Crippen LogP contribution is -2.10. The number of carbonyl (C=O) groups is 2. The maximum Gasteiger partial charge on any atom is 0.340 e. The quantitative estimate of drug-likeness (QED) is 0.206. The molecule has 1 saturated heterocycles. The Balaban J connectivity index is 2.72. The van der Waals surface area contributed by atoms with Gasteiger partial charge in [-0.05, 0) is 0 Å². The first-order valence-corrected chi connectivity index (χ1v) is 2.55. The number of esters is 2. The lowest BCUT2D eigenvalue weighted by molar-refractivity contribution is -0.152. The Morgan fingerprint density at radius 2 is 2.30 bits per heavy atom. The first-order chi connectivity index (χ1) is 4.74. The fourth-order valence-corrected chi connectivity index (χ4v) is 0.625. The number of ether oxygens (including phenoxy) is 1. The summed E-state index contributed by atoms with van der Waals surface area (Å²) < 4.78 is 4.08. The SMILES string of the molecule is O=C=N[C@H]1CC(=O)OC1=O. The molecule has 5 nitrogen and oxygen atoms in total. The molecule has 1 aliphatic rings. The van der Waals surface area contributed by atoms with E-state index < -0.39 is 18.0 Å². The van der Waals surface area contributed by atoms with Gasteiger partial charge in [-0.2, -0.15) is 4.99 Å². The average Bonchev–Trinajstić information content (AvgIpc) is 2.13. The number of cyclic esters (lactones) is 2. The summed E-state index contributed by atoms with van der Waals surface area (Å²) in [6, 6.07) is -0.954.